The van der Waals surface area contributed by atoms with E-state index in [1.165, 1.54) is 14.0 Å². The van der Waals surface area contributed by atoms with E-state index in [4.69, 9.17) is 21.1 Å². The molecule has 0 aliphatic carbocycles. The van der Waals surface area contributed by atoms with Crippen molar-refractivity contribution in [3.63, 3.8) is 0 Å². The van der Waals surface area contributed by atoms with Gasteiger partial charge < -0.3 is 30.5 Å². The highest BCUT2D eigenvalue weighted by Gasteiger charge is 2.30. The second-order valence-electron chi connectivity index (χ2n) is 12.3. The van der Waals surface area contributed by atoms with Crippen molar-refractivity contribution < 1.29 is 29.0 Å². The molecule has 13 nitrogen and oxygen atoms in total. The van der Waals surface area contributed by atoms with Crippen LogP contribution < -0.4 is 25.4 Å². The molecule has 3 aromatic rings. The second kappa shape index (κ2) is 18.2. The number of benzene rings is 1. The van der Waals surface area contributed by atoms with E-state index in [1.807, 2.05) is 31.5 Å². The summed E-state index contributed by atoms with van der Waals surface area (Å²) in [6, 6.07) is 4.49. The lowest BCUT2D eigenvalue weighted by molar-refractivity contribution is -0.132. The fourth-order valence-corrected chi connectivity index (χ4v) is 6.49. The number of methoxy groups -OCH3 is 1. The van der Waals surface area contributed by atoms with Gasteiger partial charge in [0.1, 0.15) is 24.4 Å². The van der Waals surface area contributed by atoms with Gasteiger partial charge in [0.15, 0.2) is 11.5 Å². The van der Waals surface area contributed by atoms with E-state index < -0.39 is 35.9 Å². The van der Waals surface area contributed by atoms with Crippen molar-refractivity contribution in [3.05, 3.63) is 57.0 Å². The van der Waals surface area contributed by atoms with E-state index in [2.05, 4.69) is 31.2 Å². The summed E-state index contributed by atoms with van der Waals surface area (Å²) >= 11 is 8.03. The molecule has 3 amide bonds. The minimum Gasteiger partial charge on any atom is -0.493 e. The third-order valence-corrected chi connectivity index (χ3v) is 9.27. The lowest BCUT2D eigenvalue weighted by Crippen LogP contribution is -2.57. The Hall–Kier alpha value is -3.72. The maximum atomic E-state index is 13.4. The molecular weight excluding hydrogens is 658 g/mol. The van der Waals surface area contributed by atoms with Crippen molar-refractivity contribution in [3.8, 4) is 11.5 Å². The summed E-state index contributed by atoms with van der Waals surface area (Å²) in [6.45, 7) is 8.73. The first-order chi connectivity index (χ1) is 23.0. The van der Waals surface area contributed by atoms with Crippen LogP contribution in [-0.2, 0) is 29.3 Å². The molecule has 0 unspecified atom stereocenters. The first kappa shape index (κ1) is 37.1. The van der Waals surface area contributed by atoms with E-state index in [1.54, 1.807) is 34.2 Å². The van der Waals surface area contributed by atoms with Crippen LogP contribution in [0.15, 0.2) is 35.8 Å². The smallest absolute Gasteiger partial charge is 0.252 e. The van der Waals surface area contributed by atoms with Crippen LogP contribution in [0, 0.1) is 5.92 Å². The molecule has 48 heavy (non-hydrogen) atoms. The molecule has 0 spiro atoms. The number of carbonyl (C=O) groups is 3. The Bertz CT molecular complexity index is 1510. The first-order valence-corrected chi connectivity index (χ1v) is 17.5. The van der Waals surface area contributed by atoms with Crippen LogP contribution >= 0.6 is 22.9 Å². The van der Waals surface area contributed by atoms with E-state index in [0.717, 1.165) is 35.8 Å². The number of amides is 3. The van der Waals surface area contributed by atoms with E-state index in [0.29, 0.717) is 49.7 Å². The predicted molar refractivity (Wildman–Crippen MR) is 183 cm³/mol. The summed E-state index contributed by atoms with van der Waals surface area (Å²) in [7, 11) is 1.50. The number of aromatic nitrogens is 3. The summed E-state index contributed by atoms with van der Waals surface area (Å²) in [5.74, 6) is -0.763. The minimum atomic E-state index is -1.19. The minimum absolute atomic E-state index is 0.0466. The quantitative estimate of drug-likeness (QED) is 0.302. The van der Waals surface area contributed by atoms with Crippen LogP contribution in [0.1, 0.15) is 67.4 Å². The Morgan fingerprint density at radius 2 is 1.88 bits per heavy atom. The molecular formula is C33H46ClN7O6S. The number of aliphatic hydroxyl groups is 1. The highest BCUT2D eigenvalue weighted by Crippen LogP contribution is 2.29. The zero-order valence-electron chi connectivity index (χ0n) is 27.9. The number of halogens is 1. The summed E-state index contributed by atoms with van der Waals surface area (Å²) in [5, 5.41) is 30.0. The van der Waals surface area contributed by atoms with Gasteiger partial charge in [-0.05, 0) is 74.7 Å². The molecule has 262 valence electrons. The van der Waals surface area contributed by atoms with Crippen molar-refractivity contribution >= 4 is 40.7 Å². The molecule has 4 N–H and O–H groups in total. The summed E-state index contributed by atoms with van der Waals surface area (Å²) in [6.07, 6.45) is 3.32. The topological polar surface area (TPSA) is 160 Å². The molecule has 0 saturated heterocycles. The van der Waals surface area contributed by atoms with E-state index in [-0.39, 0.29) is 18.1 Å². The molecule has 4 bridgehead atoms. The van der Waals surface area contributed by atoms with Gasteiger partial charge in [0.2, 0.25) is 11.8 Å². The number of hydrogen-bond donors (Lipinski definition) is 4. The second-order valence-corrected chi connectivity index (χ2v) is 13.7. The summed E-state index contributed by atoms with van der Waals surface area (Å²) in [4.78, 5) is 43.4. The Kier molecular flexibility index (Phi) is 14.0. The molecule has 3 heterocycles. The number of carbonyl (C=O) groups excluding carboxylic acids is 3. The molecule has 0 fully saturated rings. The SMILES string of the molecule is COc1ccc2cc1OCc1cn(nn1)CCCN(Cc1sccc1Cl)CCCCNC(=O)[C@H]([C@@H](C)O)NC(=O)[C@@H](CC(C)C)NC2=O. The summed E-state index contributed by atoms with van der Waals surface area (Å²) in [5.41, 5.74) is 0.871. The van der Waals surface area contributed by atoms with Gasteiger partial charge >= 0.3 is 0 Å². The number of hydrogen-bond acceptors (Lipinski definition) is 10. The largest absolute Gasteiger partial charge is 0.493 e. The average Bonchev–Trinajstić information content (AvgIpc) is 3.68. The van der Waals surface area contributed by atoms with Crippen LogP contribution in [-0.4, -0.2) is 87.7 Å². The highest BCUT2D eigenvalue weighted by molar-refractivity contribution is 7.10. The third kappa shape index (κ3) is 10.9. The molecule has 1 aromatic carbocycles. The van der Waals surface area contributed by atoms with Crippen molar-refractivity contribution in [2.45, 2.75) is 84.3 Å². The van der Waals surface area contributed by atoms with Gasteiger partial charge in [-0.3, -0.25) is 24.0 Å². The fraction of sp³-hybridized carbons (Fsp3) is 0.545. The molecule has 4 rings (SSSR count). The van der Waals surface area contributed by atoms with Gasteiger partial charge in [-0.1, -0.05) is 30.7 Å². The number of ether oxygens (including phenoxy) is 2. The van der Waals surface area contributed by atoms with Crippen molar-refractivity contribution in [2.24, 2.45) is 5.92 Å². The zero-order valence-corrected chi connectivity index (χ0v) is 29.5. The summed E-state index contributed by atoms with van der Waals surface area (Å²) < 4.78 is 13.2. The van der Waals surface area contributed by atoms with Gasteiger partial charge in [-0.2, -0.15) is 0 Å². The van der Waals surface area contributed by atoms with Crippen molar-refractivity contribution in [2.75, 3.05) is 26.7 Å². The Balaban J connectivity index is 1.56. The number of nitrogens with one attached hydrogen (secondary N) is 3. The normalized spacial score (nSPS) is 20.2. The van der Waals surface area contributed by atoms with Crippen LogP contribution in [0.3, 0.4) is 0 Å². The van der Waals surface area contributed by atoms with E-state index in [9.17, 15) is 19.5 Å². The monoisotopic (exact) mass is 703 g/mol. The molecule has 0 radical (unpaired) electrons. The van der Waals surface area contributed by atoms with E-state index >= 15 is 0 Å². The van der Waals surface area contributed by atoms with Gasteiger partial charge in [-0.15, -0.1) is 16.4 Å². The molecule has 15 heteroatoms. The first-order valence-electron chi connectivity index (χ1n) is 16.2. The number of thiophene rings is 1. The zero-order chi connectivity index (χ0) is 34.6. The maximum absolute atomic E-state index is 13.4. The van der Waals surface area contributed by atoms with Crippen LogP contribution in [0.25, 0.3) is 0 Å². The standard InChI is InChI=1S/C33H46ClN7O6S/c1-21(2)16-26-32(44)37-30(22(3)42)33(45)35-11-5-6-12-40(19-29-25(34)10-15-48-29)13-7-14-41-18-24(38-39-41)20-47-28-17-23(31(43)36-26)8-9-27(28)46-4/h8-10,15,17-18,21-22,26,30,42H,5-7,11-14,16,19-20H2,1-4H3,(H,35,45)(H,36,43)(H,37,44)/t22-,26-,30+/m1/s1. The Morgan fingerprint density at radius 3 is 2.58 bits per heavy atom. The molecule has 3 atom stereocenters. The number of aliphatic hydroxyl groups excluding tert-OH is 1. The highest BCUT2D eigenvalue weighted by atomic mass is 35.5. The van der Waals surface area contributed by atoms with Crippen LogP contribution in [0.2, 0.25) is 5.02 Å². The molecule has 2 aromatic heterocycles. The number of aryl methyl sites for hydroxylation is 1. The fourth-order valence-electron chi connectivity index (χ4n) is 5.35. The van der Waals surface area contributed by atoms with Crippen molar-refractivity contribution in [1.82, 2.24) is 35.8 Å². The van der Waals surface area contributed by atoms with Gasteiger partial charge in [0, 0.05) is 36.6 Å². The Labute approximate surface area is 290 Å². The van der Waals surface area contributed by atoms with Gasteiger partial charge in [0.05, 0.1) is 24.4 Å². The number of rotatable bonds is 6. The van der Waals surface area contributed by atoms with Gasteiger partial charge in [0.25, 0.3) is 5.91 Å². The molecule has 1 aliphatic heterocycles. The number of fused-ring (bicyclic) bond motifs is 4. The molecule has 0 saturated carbocycles. The molecule has 1 aliphatic rings. The van der Waals surface area contributed by atoms with Gasteiger partial charge in [-0.25, -0.2) is 0 Å². The third-order valence-electron chi connectivity index (χ3n) is 7.90. The van der Waals surface area contributed by atoms with Crippen molar-refractivity contribution in [1.29, 1.82) is 0 Å². The predicted octanol–water partition coefficient (Wildman–Crippen LogP) is 3.39. The number of nitrogens with zero attached hydrogens (tertiary/aromatic N) is 4. The lowest BCUT2D eigenvalue weighted by atomic mass is 10.0. The van der Waals surface area contributed by atoms with Crippen LogP contribution in [0.5, 0.6) is 11.5 Å². The van der Waals surface area contributed by atoms with Crippen LogP contribution in [0.4, 0.5) is 0 Å². The Morgan fingerprint density at radius 1 is 1.08 bits per heavy atom. The lowest BCUT2D eigenvalue weighted by Gasteiger charge is -2.26. The maximum Gasteiger partial charge on any atom is 0.252 e. The average molecular weight is 704 g/mol.